The Kier molecular flexibility index (Phi) is 11.5. The normalized spacial score (nSPS) is 9.82. The first-order valence-electron chi connectivity index (χ1n) is 11.4. The van der Waals surface area contributed by atoms with Crippen LogP contribution in [0, 0.1) is 54.8 Å². The van der Waals surface area contributed by atoms with E-state index in [0.29, 0.717) is 11.1 Å². The lowest BCUT2D eigenvalue weighted by molar-refractivity contribution is -0.385. The standard InChI is InChI=1S/C12H16.C8H6ClNO4.C8H7NO4/c1-8(2)12-7-9(3)6-10(4)11(12)5;1-4-6(8(11)12)2-5(10(13)14)3-7(4)9;1-5-2-3-6(9(12)13)4-7(5)8(10)11/h6-7H,1H2,2-5H3;2-3H,1H3,(H,11,12);2-4H,1H3,(H,10,11). The van der Waals surface area contributed by atoms with Gasteiger partial charge in [0.15, 0.2) is 0 Å². The van der Waals surface area contributed by atoms with Gasteiger partial charge in [0.2, 0.25) is 0 Å². The Morgan fingerprint density at radius 1 is 0.744 bits per heavy atom. The second-order valence-corrected chi connectivity index (χ2v) is 9.17. The topological polar surface area (TPSA) is 161 Å². The van der Waals surface area contributed by atoms with Crippen LogP contribution in [-0.4, -0.2) is 32.0 Å². The van der Waals surface area contributed by atoms with Gasteiger partial charge in [0, 0.05) is 24.3 Å². The molecule has 0 saturated heterocycles. The lowest BCUT2D eigenvalue weighted by Gasteiger charge is -2.09. The zero-order valence-corrected chi connectivity index (χ0v) is 23.1. The van der Waals surface area contributed by atoms with Gasteiger partial charge in [-0.05, 0) is 69.4 Å². The molecule has 0 aliphatic heterocycles. The second-order valence-electron chi connectivity index (χ2n) is 8.76. The fraction of sp³-hybridized carbons (Fsp3) is 0.214. The maximum atomic E-state index is 10.7. The monoisotopic (exact) mass is 556 g/mol. The Hall–Kier alpha value is -4.57. The quantitative estimate of drug-likeness (QED) is 0.241. The van der Waals surface area contributed by atoms with E-state index in [1.165, 1.54) is 41.3 Å². The molecule has 2 N–H and O–H groups in total. The molecule has 39 heavy (non-hydrogen) atoms. The molecule has 0 aromatic heterocycles. The number of halogens is 1. The molecule has 0 aliphatic carbocycles. The Morgan fingerprint density at radius 2 is 1.26 bits per heavy atom. The van der Waals surface area contributed by atoms with E-state index in [-0.39, 0.29) is 27.5 Å². The van der Waals surface area contributed by atoms with Crippen LogP contribution in [0.15, 0.2) is 49.0 Å². The third-order valence-corrected chi connectivity index (χ3v) is 6.10. The summed E-state index contributed by atoms with van der Waals surface area (Å²) in [4.78, 5) is 40.6. The summed E-state index contributed by atoms with van der Waals surface area (Å²) in [6.07, 6.45) is 0. The molecule has 0 saturated carbocycles. The number of aryl methyl sites for hydroxylation is 3. The molecule has 0 amide bonds. The number of carbonyl (C=O) groups is 2. The molecule has 0 aliphatic rings. The van der Waals surface area contributed by atoms with Gasteiger partial charge in [-0.2, -0.15) is 0 Å². The molecule has 0 radical (unpaired) electrons. The molecular formula is C28H29ClN2O8. The summed E-state index contributed by atoms with van der Waals surface area (Å²) in [6, 6.07) is 10.3. The lowest BCUT2D eigenvalue weighted by atomic mass is 9.96. The van der Waals surface area contributed by atoms with Gasteiger partial charge in [0.1, 0.15) is 0 Å². The molecular weight excluding hydrogens is 528 g/mol. The highest BCUT2D eigenvalue weighted by atomic mass is 35.5. The van der Waals surface area contributed by atoms with E-state index in [0.717, 1.165) is 23.8 Å². The predicted octanol–water partition coefficient (Wildman–Crippen LogP) is 7.50. The number of benzene rings is 3. The van der Waals surface area contributed by atoms with Gasteiger partial charge >= 0.3 is 11.9 Å². The molecule has 0 bridgehead atoms. The number of aromatic carboxylic acids is 2. The van der Waals surface area contributed by atoms with Crippen molar-refractivity contribution in [1.29, 1.82) is 0 Å². The summed E-state index contributed by atoms with van der Waals surface area (Å²) >= 11 is 5.64. The molecule has 0 heterocycles. The minimum absolute atomic E-state index is 0.0331. The summed E-state index contributed by atoms with van der Waals surface area (Å²) in [5.41, 5.74) is 6.60. The van der Waals surface area contributed by atoms with Gasteiger partial charge in [-0.3, -0.25) is 20.2 Å². The number of carboxylic acid groups (broad SMARTS) is 2. The average Bonchev–Trinajstić information content (AvgIpc) is 2.83. The number of hydrogen-bond donors (Lipinski definition) is 2. The van der Waals surface area contributed by atoms with E-state index in [1.54, 1.807) is 6.92 Å². The highest BCUT2D eigenvalue weighted by Gasteiger charge is 2.17. The first kappa shape index (κ1) is 32.5. The molecule has 3 rings (SSSR count). The summed E-state index contributed by atoms with van der Waals surface area (Å²) in [5.74, 6) is -2.38. The molecule has 0 atom stereocenters. The lowest BCUT2D eigenvalue weighted by Crippen LogP contribution is -2.01. The van der Waals surface area contributed by atoms with E-state index >= 15 is 0 Å². The van der Waals surface area contributed by atoms with Crippen LogP contribution in [0.2, 0.25) is 5.02 Å². The van der Waals surface area contributed by atoms with E-state index in [1.807, 2.05) is 0 Å². The number of nitro groups is 2. The van der Waals surface area contributed by atoms with Crippen molar-refractivity contribution >= 4 is 40.5 Å². The Labute approximate surface area is 230 Å². The molecule has 3 aromatic rings. The van der Waals surface area contributed by atoms with Crippen molar-refractivity contribution in [3.8, 4) is 0 Å². The first-order valence-corrected chi connectivity index (χ1v) is 11.8. The van der Waals surface area contributed by atoms with Crippen LogP contribution < -0.4 is 0 Å². The van der Waals surface area contributed by atoms with Crippen LogP contribution in [-0.2, 0) is 0 Å². The number of allylic oxidation sites excluding steroid dienone is 1. The number of rotatable bonds is 5. The van der Waals surface area contributed by atoms with Gasteiger partial charge in [-0.15, -0.1) is 0 Å². The van der Waals surface area contributed by atoms with Gasteiger partial charge in [0.25, 0.3) is 11.4 Å². The number of nitrogens with zero attached hydrogens (tertiary/aromatic N) is 2. The van der Waals surface area contributed by atoms with Crippen LogP contribution in [0.4, 0.5) is 11.4 Å². The molecule has 11 heteroatoms. The zero-order valence-electron chi connectivity index (χ0n) is 22.4. The highest BCUT2D eigenvalue weighted by Crippen LogP contribution is 2.26. The van der Waals surface area contributed by atoms with Gasteiger partial charge < -0.3 is 10.2 Å². The van der Waals surface area contributed by atoms with Gasteiger partial charge in [-0.25, -0.2) is 9.59 Å². The largest absolute Gasteiger partial charge is 0.478 e. The van der Waals surface area contributed by atoms with Crippen LogP contribution in [0.25, 0.3) is 5.57 Å². The minimum Gasteiger partial charge on any atom is -0.478 e. The van der Waals surface area contributed by atoms with E-state index in [2.05, 4.69) is 46.4 Å². The van der Waals surface area contributed by atoms with Crippen molar-refractivity contribution in [2.75, 3.05) is 0 Å². The van der Waals surface area contributed by atoms with Crippen LogP contribution in [0.3, 0.4) is 0 Å². The molecule has 206 valence electrons. The number of nitro benzene ring substituents is 2. The maximum Gasteiger partial charge on any atom is 0.336 e. The third-order valence-electron chi connectivity index (χ3n) is 5.70. The van der Waals surface area contributed by atoms with Gasteiger partial charge in [-0.1, -0.05) is 47.5 Å². The summed E-state index contributed by atoms with van der Waals surface area (Å²) in [5, 5.41) is 38.1. The summed E-state index contributed by atoms with van der Waals surface area (Å²) in [7, 11) is 0. The first-order chi connectivity index (χ1) is 18.0. The number of carboxylic acids is 2. The molecule has 3 aromatic carbocycles. The SMILES string of the molecule is C=C(C)c1cc(C)cc(C)c1C.Cc1c(Cl)cc([N+](=O)[O-])cc1C(=O)O.Cc1ccc([N+](=O)[O-])cc1C(=O)O. The van der Waals surface area contributed by atoms with E-state index in [9.17, 15) is 29.8 Å². The number of hydrogen-bond acceptors (Lipinski definition) is 6. The van der Waals surface area contributed by atoms with Crippen molar-refractivity contribution in [2.24, 2.45) is 0 Å². The van der Waals surface area contributed by atoms with E-state index in [4.69, 9.17) is 21.8 Å². The van der Waals surface area contributed by atoms with Crippen LogP contribution in [0.5, 0.6) is 0 Å². The van der Waals surface area contributed by atoms with Crippen LogP contribution >= 0.6 is 11.6 Å². The highest BCUT2D eigenvalue weighted by molar-refractivity contribution is 6.32. The van der Waals surface area contributed by atoms with Crippen molar-refractivity contribution in [3.05, 3.63) is 119 Å². The average molecular weight is 557 g/mol. The third kappa shape index (κ3) is 9.04. The Bertz CT molecular complexity index is 1460. The smallest absolute Gasteiger partial charge is 0.336 e. The maximum absolute atomic E-state index is 10.7. The molecule has 0 unspecified atom stereocenters. The molecule has 10 nitrogen and oxygen atoms in total. The molecule has 0 fully saturated rings. The minimum atomic E-state index is -1.23. The predicted molar refractivity (Wildman–Crippen MR) is 150 cm³/mol. The fourth-order valence-corrected chi connectivity index (χ4v) is 3.64. The Morgan fingerprint density at radius 3 is 1.72 bits per heavy atom. The van der Waals surface area contributed by atoms with Crippen molar-refractivity contribution in [3.63, 3.8) is 0 Å². The second kappa shape index (κ2) is 13.8. The van der Waals surface area contributed by atoms with Crippen molar-refractivity contribution in [1.82, 2.24) is 0 Å². The van der Waals surface area contributed by atoms with E-state index < -0.39 is 21.8 Å². The fourth-order valence-electron chi connectivity index (χ4n) is 3.43. The number of non-ortho nitro benzene ring substituents is 2. The van der Waals surface area contributed by atoms with Crippen LogP contribution in [0.1, 0.15) is 61.0 Å². The van der Waals surface area contributed by atoms with Crippen molar-refractivity contribution < 1.29 is 29.6 Å². The zero-order chi connectivity index (χ0) is 30.2. The Balaban J connectivity index is 0.000000293. The molecule has 0 spiro atoms. The van der Waals surface area contributed by atoms with Gasteiger partial charge in [0.05, 0.1) is 26.0 Å². The summed E-state index contributed by atoms with van der Waals surface area (Å²) < 4.78 is 0. The summed E-state index contributed by atoms with van der Waals surface area (Å²) in [6.45, 7) is 15.5. The van der Waals surface area contributed by atoms with Crippen molar-refractivity contribution in [2.45, 2.75) is 41.5 Å².